The van der Waals surface area contributed by atoms with E-state index >= 15 is 0 Å². The summed E-state index contributed by atoms with van der Waals surface area (Å²) in [6.45, 7) is 2.28. The van der Waals surface area contributed by atoms with E-state index in [4.69, 9.17) is 22.1 Å². The first-order valence-corrected chi connectivity index (χ1v) is 5.49. The van der Waals surface area contributed by atoms with E-state index in [0.29, 0.717) is 29.0 Å². The smallest absolute Gasteiger partial charge is 0.181 e. The molecular formula is C11H13ClN4O. The number of ether oxygens (including phenoxy) is 1. The number of aromatic amines is 1. The van der Waals surface area contributed by atoms with Gasteiger partial charge in [0, 0.05) is 5.56 Å². The van der Waals surface area contributed by atoms with Gasteiger partial charge < -0.3 is 10.5 Å². The van der Waals surface area contributed by atoms with Crippen molar-refractivity contribution in [1.29, 1.82) is 0 Å². The first-order chi connectivity index (χ1) is 8.15. The second-order valence-corrected chi connectivity index (χ2v) is 4.02. The molecule has 0 saturated carbocycles. The largest absolute Gasteiger partial charge is 0.495 e. The van der Waals surface area contributed by atoms with Gasteiger partial charge in [0.2, 0.25) is 0 Å². The number of aromatic nitrogens is 3. The standard InChI is InChI=1S/C11H13ClN4O/c1-6-3-9(17-2)8(12)4-7(6)11-14-10(5-13)15-16-11/h3-4H,5,13H2,1-2H3,(H,14,15,16). The number of methoxy groups -OCH3 is 1. The fourth-order valence-corrected chi connectivity index (χ4v) is 1.80. The maximum absolute atomic E-state index is 6.08. The van der Waals surface area contributed by atoms with Crippen LogP contribution in [0.3, 0.4) is 0 Å². The summed E-state index contributed by atoms with van der Waals surface area (Å²) in [5.74, 6) is 1.88. The molecule has 2 aromatic rings. The van der Waals surface area contributed by atoms with Crippen molar-refractivity contribution in [2.45, 2.75) is 13.5 Å². The average Bonchev–Trinajstić information content (AvgIpc) is 2.80. The molecule has 90 valence electrons. The van der Waals surface area contributed by atoms with Crippen LogP contribution in [0.5, 0.6) is 5.75 Å². The SMILES string of the molecule is COc1cc(C)c(-c2n[nH]c(CN)n2)cc1Cl. The molecule has 6 heteroatoms. The number of hydrogen-bond acceptors (Lipinski definition) is 4. The van der Waals surface area contributed by atoms with Crippen LogP contribution >= 0.6 is 11.6 Å². The van der Waals surface area contributed by atoms with Crippen LogP contribution in [0.2, 0.25) is 5.02 Å². The third-order valence-electron chi connectivity index (χ3n) is 2.46. The summed E-state index contributed by atoms with van der Waals surface area (Å²) in [7, 11) is 1.58. The lowest BCUT2D eigenvalue weighted by molar-refractivity contribution is 0.415. The Labute approximate surface area is 104 Å². The number of nitrogens with zero attached hydrogens (tertiary/aromatic N) is 2. The van der Waals surface area contributed by atoms with Crippen molar-refractivity contribution < 1.29 is 4.74 Å². The lowest BCUT2D eigenvalue weighted by Gasteiger charge is -2.07. The third-order valence-corrected chi connectivity index (χ3v) is 2.76. The maximum atomic E-state index is 6.08. The Bertz CT molecular complexity index is 538. The van der Waals surface area contributed by atoms with Crippen LogP contribution in [0.15, 0.2) is 12.1 Å². The average molecular weight is 253 g/mol. The molecule has 1 aromatic carbocycles. The fraction of sp³-hybridized carbons (Fsp3) is 0.273. The van der Waals surface area contributed by atoms with Crippen LogP contribution in [0.1, 0.15) is 11.4 Å². The van der Waals surface area contributed by atoms with E-state index in [1.807, 2.05) is 13.0 Å². The molecule has 0 aliphatic rings. The minimum Gasteiger partial charge on any atom is -0.495 e. The first-order valence-electron chi connectivity index (χ1n) is 5.11. The Kier molecular flexibility index (Phi) is 3.31. The molecule has 0 spiro atoms. The van der Waals surface area contributed by atoms with E-state index in [1.54, 1.807) is 13.2 Å². The van der Waals surface area contributed by atoms with Crippen molar-refractivity contribution in [3.05, 3.63) is 28.5 Å². The van der Waals surface area contributed by atoms with E-state index in [2.05, 4.69) is 15.2 Å². The number of nitrogens with one attached hydrogen (secondary N) is 1. The van der Waals surface area contributed by atoms with Gasteiger partial charge in [-0.15, -0.1) is 0 Å². The molecule has 2 rings (SSSR count). The molecular weight excluding hydrogens is 240 g/mol. The highest BCUT2D eigenvalue weighted by atomic mass is 35.5. The Balaban J connectivity index is 2.48. The molecule has 1 aromatic heterocycles. The predicted molar refractivity (Wildman–Crippen MR) is 66.0 cm³/mol. The van der Waals surface area contributed by atoms with Gasteiger partial charge in [0.25, 0.3) is 0 Å². The van der Waals surface area contributed by atoms with Gasteiger partial charge in [-0.1, -0.05) is 11.6 Å². The number of aryl methyl sites for hydroxylation is 1. The van der Waals surface area contributed by atoms with E-state index in [-0.39, 0.29) is 0 Å². The summed E-state index contributed by atoms with van der Waals surface area (Å²) in [6.07, 6.45) is 0. The lowest BCUT2D eigenvalue weighted by atomic mass is 10.1. The van der Waals surface area contributed by atoms with Crippen LogP contribution in [-0.2, 0) is 6.54 Å². The molecule has 0 amide bonds. The number of rotatable bonds is 3. The number of nitrogens with two attached hydrogens (primary N) is 1. The lowest BCUT2D eigenvalue weighted by Crippen LogP contribution is -1.98. The van der Waals surface area contributed by atoms with Gasteiger partial charge in [-0.3, -0.25) is 5.10 Å². The maximum Gasteiger partial charge on any atom is 0.181 e. The Morgan fingerprint density at radius 1 is 1.47 bits per heavy atom. The summed E-state index contributed by atoms with van der Waals surface area (Å²) >= 11 is 6.08. The zero-order valence-corrected chi connectivity index (χ0v) is 10.4. The van der Waals surface area contributed by atoms with E-state index in [1.165, 1.54) is 0 Å². The van der Waals surface area contributed by atoms with Crippen molar-refractivity contribution in [1.82, 2.24) is 15.2 Å². The molecule has 0 aliphatic heterocycles. The Morgan fingerprint density at radius 2 is 2.24 bits per heavy atom. The van der Waals surface area contributed by atoms with E-state index < -0.39 is 0 Å². The normalized spacial score (nSPS) is 10.6. The molecule has 3 N–H and O–H groups in total. The van der Waals surface area contributed by atoms with Crippen LogP contribution < -0.4 is 10.5 Å². The molecule has 5 nitrogen and oxygen atoms in total. The molecule has 0 radical (unpaired) electrons. The number of halogens is 1. The van der Waals surface area contributed by atoms with Gasteiger partial charge in [0.05, 0.1) is 18.7 Å². The quantitative estimate of drug-likeness (QED) is 0.875. The molecule has 0 saturated heterocycles. The number of H-pyrrole nitrogens is 1. The van der Waals surface area contributed by atoms with Gasteiger partial charge in [-0.2, -0.15) is 5.10 Å². The predicted octanol–water partition coefficient (Wildman–Crippen LogP) is 1.90. The molecule has 1 heterocycles. The summed E-state index contributed by atoms with van der Waals surface area (Å²) < 4.78 is 5.14. The van der Waals surface area contributed by atoms with Crippen molar-refractivity contribution in [3.63, 3.8) is 0 Å². The second kappa shape index (κ2) is 4.73. The highest BCUT2D eigenvalue weighted by Crippen LogP contribution is 2.31. The minimum absolute atomic E-state index is 0.329. The molecule has 0 aliphatic carbocycles. The Morgan fingerprint density at radius 3 is 2.82 bits per heavy atom. The fourth-order valence-electron chi connectivity index (χ4n) is 1.56. The molecule has 0 fully saturated rings. The molecule has 0 unspecified atom stereocenters. The zero-order chi connectivity index (χ0) is 12.4. The van der Waals surface area contributed by atoms with E-state index in [0.717, 1.165) is 11.1 Å². The Hall–Kier alpha value is -1.59. The van der Waals surface area contributed by atoms with Crippen molar-refractivity contribution >= 4 is 11.6 Å². The summed E-state index contributed by atoms with van der Waals surface area (Å²) in [6, 6.07) is 3.65. The molecule has 0 bridgehead atoms. The van der Waals surface area contributed by atoms with Crippen molar-refractivity contribution in [2.24, 2.45) is 5.73 Å². The van der Waals surface area contributed by atoms with Crippen LogP contribution in [0.4, 0.5) is 0 Å². The topological polar surface area (TPSA) is 76.8 Å². The van der Waals surface area contributed by atoms with E-state index in [9.17, 15) is 0 Å². The van der Waals surface area contributed by atoms with Crippen LogP contribution in [-0.4, -0.2) is 22.3 Å². The first kappa shape index (κ1) is 11.9. The zero-order valence-electron chi connectivity index (χ0n) is 9.62. The van der Waals surface area contributed by atoms with Gasteiger partial charge in [-0.25, -0.2) is 4.98 Å². The third kappa shape index (κ3) is 2.25. The summed E-state index contributed by atoms with van der Waals surface area (Å²) in [4.78, 5) is 4.27. The summed E-state index contributed by atoms with van der Waals surface area (Å²) in [5, 5.41) is 7.40. The molecule has 0 atom stereocenters. The highest BCUT2D eigenvalue weighted by molar-refractivity contribution is 6.32. The second-order valence-electron chi connectivity index (χ2n) is 3.61. The van der Waals surface area contributed by atoms with Gasteiger partial charge in [0.15, 0.2) is 5.82 Å². The summed E-state index contributed by atoms with van der Waals surface area (Å²) in [5.41, 5.74) is 7.34. The number of benzene rings is 1. The van der Waals surface area contributed by atoms with Crippen molar-refractivity contribution in [3.8, 4) is 17.1 Å². The van der Waals surface area contributed by atoms with Crippen LogP contribution in [0, 0.1) is 6.92 Å². The van der Waals surface area contributed by atoms with Crippen LogP contribution in [0.25, 0.3) is 11.4 Å². The van der Waals surface area contributed by atoms with Gasteiger partial charge in [0.1, 0.15) is 11.6 Å². The minimum atomic E-state index is 0.329. The monoisotopic (exact) mass is 252 g/mol. The van der Waals surface area contributed by atoms with Gasteiger partial charge in [-0.05, 0) is 24.6 Å². The van der Waals surface area contributed by atoms with Crippen molar-refractivity contribution in [2.75, 3.05) is 7.11 Å². The van der Waals surface area contributed by atoms with Gasteiger partial charge >= 0.3 is 0 Å². The highest BCUT2D eigenvalue weighted by Gasteiger charge is 2.11. The molecule has 17 heavy (non-hydrogen) atoms. The number of hydrogen-bond donors (Lipinski definition) is 2.